The Kier molecular flexibility index (Phi) is 5.69. The molecule has 3 N–H and O–H groups in total. The van der Waals surface area contributed by atoms with Crippen LogP contribution in [0.4, 0.5) is 13.2 Å². The van der Waals surface area contributed by atoms with Crippen LogP contribution in [0.15, 0.2) is 11.8 Å². The molecule has 0 amide bonds. The fraction of sp³-hybridized carbons (Fsp3) is 0.579. The summed E-state index contributed by atoms with van der Waals surface area (Å²) in [6.45, 7) is 1.87. The Labute approximate surface area is 162 Å². The van der Waals surface area contributed by atoms with Gasteiger partial charge in [0.05, 0.1) is 11.5 Å². The van der Waals surface area contributed by atoms with E-state index in [0.717, 1.165) is 21.8 Å². The van der Waals surface area contributed by atoms with Gasteiger partial charge in [-0.25, -0.2) is 8.42 Å². The third-order valence-electron chi connectivity index (χ3n) is 5.45. The molecule has 0 spiro atoms. The molecule has 5 nitrogen and oxygen atoms in total. The molecule has 0 saturated heterocycles. The second-order valence-electron chi connectivity index (χ2n) is 7.45. The summed E-state index contributed by atoms with van der Waals surface area (Å²) in [5.74, 6) is 0.208. The topological polar surface area (TPSA) is 77.1 Å². The van der Waals surface area contributed by atoms with Crippen LogP contribution in [0.3, 0.4) is 0 Å². The molecule has 9 heteroatoms. The van der Waals surface area contributed by atoms with Gasteiger partial charge in [-0.15, -0.1) is 0 Å². The highest BCUT2D eigenvalue weighted by molar-refractivity contribution is 7.90. The monoisotopic (exact) mass is 417 g/mol. The normalized spacial score (nSPS) is 22.5. The predicted octanol–water partition coefficient (Wildman–Crippen LogP) is 0.993. The van der Waals surface area contributed by atoms with Gasteiger partial charge < -0.3 is 15.6 Å². The van der Waals surface area contributed by atoms with Gasteiger partial charge in [-0.3, -0.25) is 0 Å². The Morgan fingerprint density at radius 3 is 2.82 bits per heavy atom. The summed E-state index contributed by atoms with van der Waals surface area (Å²) < 4.78 is 64.1. The van der Waals surface area contributed by atoms with E-state index in [2.05, 4.69) is 16.0 Å². The minimum atomic E-state index is -4.41. The molecular formula is C19H26F3N3O2S. The van der Waals surface area contributed by atoms with Gasteiger partial charge in [0, 0.05) is 41.5 Å². The smallest absolute Gasteiger partial charge is 0.382 e. The van der Waals surface area contributed by atoms with E-state index < -0.39 is 22.1 Å². The molecule has 1 aliphatic carbocycles. The van der Waals surface area contributed by atoms with Gasteiger partial charge in [-0.1, -0.05) is 25.2 Å². The van der Waals surface area contributed by atoms with Crippen LogP contribution in [0.2, 0.25) is 0 Å². The van der Waals surface area contributed by atoms with E-state index in [1.807, 2.05) is 20.0 Å². The number of sulfone groups is 1. The maximum atomic E-state index is 12.6. The van der Waals surface area contributed by atoms with Gasteiger partial charge in [0.25, 0.3) is 0 Å². The highest BCUT2D eigenvalue weighted by Gasteiger charge is 2.35. The van der Waals surface area contributed by atoms with Crippen molar-refractivity contribution in [3.05, 3.63) is 33.6 Å². The SMILES string of the molecule is CC/C(=C\CC(N)C(F)(F)F)NC1C=c2c3c(n(C)c2=CC1)CCS(=O)(=O)C3. The van der Waals surface area contributed by atoms with E-state index in [0.29, 0.717) is 25.0 Å². The lowest BCUT2D eigenvalue weighted by Crippen LogP contribution is -2.39. The first-order chi connectivity index (χ1) is 13.0. The largest absolute Gasteiger partial charge is 0.403 e. The zero-order valence-corrected chi connectivity index (χ0v) is 16.8. The number of nitrogens with one attached hydrogen (secondary N) is 1. The maximum absolute atomic E-state index is 12.6. The summed E-state index contributed by atoms with van der Waals surface area (Å²) in [7, 11) is -1.15. The van der Waals surface area contributed by atoms with Crippen LogP contribution in [0, 0.1) is 0 Å². The van der Waals surface area contributed by atoms with Crippen LogP contribution in [0.5, 0.6) is 0 Å². The number of hydrogen-bond donors (Lipinski definition) is 2. The standard InChI is InChI=1S/C19H26F3N3O2S/c1-3-12(5-7-18(23)19(20,21)22)24-13-4-6-16-14(10-13)15-11-28(26,27)9-8-17(15)25(16)2/h5-6,10,13,18,24H,3-4,7-9,11,23H2,1-2H3/b12-5+. The van der Waals surface area contributed by atoms with Crippen molar-refractivity contribution in [2.75, 3.05) is 5.75 Å². The number of nitrogens with two attached hydrogens (primary N) is 1. The molecule has 2 unspecified atom stereocenters. The number of nitrogens with zero attached hydrogens (tertiary/aromatic N) is 1. The van der Waals surface area contributed by atoms with Gasteiger partial charge in [0.1, 0.15) is 6.04 Å². The average Bonchev–Trinajstić information content (AvgIpc) is 2.87. The first kappa shape index (κ1) is 21.0. The Hall–Kier alpha value is -1.74. The predicted molar refractivity (Wildman–Crippen MR) is 103 cm³/mol. The molecule has 1 aromatic rings. The zero-order chi connectivity index (χ0) is 20.7. The molecule has 28 heavy (non-hydrogen) atoms. The van der Waals surface area contributed by atoms with Crippen molar-refractivity contribution in [1.29, 1.82) is 0 Å². The number of halogens is 3. The van der Waals surface area contributed by atoms with Crippen molar-refractivity contribution in [2.45, 2.75) is 56.6 Å². The number of allylic oxidation sites excluding steroid dienone is 1. The van der Waals surface area contributed by atoms with Crippen molar-refractivity contribution < 1.29 is 21.6 Å². The van der Waals surface area contributed by atoms with E-state index in [4.69, 9.17) is 5.73 Å². The summed E-state index contributed by atoms with van der Waals surface area (Å²) in [6, 6.07) is -1.98. The molecule has 0 bridgehead atoms. The second-order valence-corrected chi connectivity index (χ2v) is 9.63. The van der Waals surface area contributed by atoms with E-state index in [1.54, 1.807) is 0 Å². The molecule has 156 valence electrons. The minimum Gasteiger partial charge on any atom is -0.382 e. The van der Waals surface area contributed by atoms with E-state index in [9.17, 15) is 21.6 Å². The molecule has 2 aliphatic rings. The highest BCUT2D eigenvalue weighted by Crippen LogP contribution is 2.22. The molecule has 0 fully saturated rings. The van der Waals surface area contributed by atoms with E-state index in [-0.39, 0.29) is 24.0 Å². The first-order valence-electron chi connectivity index (χ1n) is 9.38. The third kappa shape index (κ3) is 4.30. The van der Waals surface area contributed by atoms with Crippen LogP contribution >= 0.6 is 0 Å². The Morgan fingerprint density at radius 2 is 2.18 bits per heavy atom. The lowest BCUT2D eigenvalue weighted by atomic mass is 10.0. The molecule has 1 aromatic heterocycles. The van der Waals surface area contributed by atoms with Crippen molar-refractivity contribution in [3.63, 3.8) is 0 Å². The fourth-order valence-electron chi connectivity index (χ4n) is 3.85. The van der Waals surface area contributed by atoms with Crippen molar-refractivity contribution in [2.24, 2.45) is 12.8 Å². The Morgan fingerprint density at radius 1 is 1.46 bits per heavy atom. The van der Waals surface area contributed by atoms with Crippen LogP contribution in [-0.4, -0.2) is 37.0 Å². The molecule has 2 atom stereocenters. The maximum Gasteiger partial charge on any atom is 0.403 e. The van der Waals surface area contributed by atoms with Crippen LogP contribution in [0.25, 0.3) is 12.2 Å². The zero-order valence-electron chi connectivity index (χ0n) is 16.0. The van der Waals surface area contributed by atoms with Gasteiger partial charge in [0.15, 0.2) is 9.84 Å². The molecule has 0 radical (unpaired) electrons. The Balaban J connectivity index is 1.85. The highest BCUT2D eigenvalue weighted by atomic mass is 32.2. The van der Waals surface area contributed by atoms with E-state index in [1.165, 1.54) is 6.08 Å². The number of alkyl halides is 3. The molecule has 0 saturated carbocycles. The van der Waals surface area contributed by atoms with Crippen molar-refractivity contribution >= 4 is 22.0 Å². The number of fused-ring (bicyclic) bond motifs is 3. The summed E-state index contributed by atoms with van der Waals surface area (Å²) in [4.78, 5) is 0. The first-order valence-corrected chi connectivity index (χ1v) is 11.2. The van der Waals surface area contributed by atoms with Gasteiger partial charge in [-0.2, -0.15) is 13.2 Å². The molecular weight excluding hydrogens is 391 g/mol. The number of rotatable bonds is 5. The molecule has 3 rings (SSSR count). The summed E-state index contributed by atoms with van der Waals surface area (Å²) >= 11 is 0. The molecule has 2 heterocycles. The van der Waals surface area contributed by atoms with Gasteiger partial charge >= 0.3 is 6.18 Å². The minimum absolute atomic E-state index is 0.0411. The third-order valence-corrected chi connectivity index (χ3v) is 7.01. The van der Waals surface area contributed by atoms with Crippen molar-refractivity contribution in [1.82, 2.24) is 9.88 Å². The lowest BCUT2D eigenvalue weighted by molar-refractivity contribution is -0.146. The average molecular weight is 417 g/mol. The summed E-state index contributed by atoms with van der Waals surface area (Å²) in [5, 5.41) is 5.22. The van der Waals surface area contributed by atoms with E-state index >= 15 is 0 Å². The lowest BCUT2D eigenvalue weighted by Gasteiger charge is -2.20. The summed E-state index contributed by atoms with van der Waals surface area (Å²) in [5.41, 5.74) is 7.79. The fourth-order valence-corrected chi connectivity index (χ4v) is 5.26. The second kappa shape index (κ2) is 7.59. The quantitative estimate of drug-likeness (QED) is 0.749. The molecule has 0 aromatic carbocycles. The molecule has 1 aliphatic heterocycles. The van der Waals surface area contributed by atoms with Crippen LogP contribution in [0.1, 0.15) is 37.4 Å². The number of hydrogen-bond acceptors (Lipinski definition) is 4. The number of aromatic nitrogens is 1. The van der Waals surface area contributed by atoms with Crippen molar-refractivity contribution in [3.8, 4) is 0 Å². The summed E-state index contributed by atoms with van der Waals surface area (Å²) in [6.07, 6.45) is 2.63. The van der Waals surface area contributed by atoms with Gasteiger partial charge in [0.2, 0.25) is 0 Å². The van der Waals surface area contributed by atoms with Crippen LogP contribution in [-0.2, 0) is 29.1 Å². The van der Waals surface area contributed by atoms with Gasteiger partial charge in [-0.05, 0) is 24.8 Å². The van der Waals surface area contributed by atoms with Crippen LogP contribution < -0.4 is 21.6 Å². The Bertz CT molecular complexity index is 1010.